The second-order valence-corrected chi connectivity index (χ2v) is 5.97. The van der Waals surface area contributed by atoms with E-state index in [-0.39, 0.29) is 11.9 Å². The third kappa shape index (κ3) is 4.62. The fourth-order valence-corrected chi connectivity index (χ4v) is 2.67. The van der Waals surface area contributed by atoms with Crippen LogP contribution >= 0.6 is 0 Å². The fourth-order valence-electron chi connectivity index (χ4n) is 2.67. The van der Waals surface area contributed by atoms with E-state index in [9.17, 15) is 4.79 Å². The maximum Gasteiger partial charge on any atom is 0.254 e. The average molecular weight is 330 g/mol. The van der Waals surface area contributed by atoms with Crippen LogP contribution in [0.4, 0.5) is 0 Å². The molecule has 2 aromatic rings. The molecule has 0 saturated carbocycles. The molecule has 7 nitrogen and oxygen atoms in total. The summed E-state index contributed by atoms with van der Waals surface area (Å²) < 4.78 is 10.9. The van der Waals surface area contributed by atoms with E-state index in [0.29, 0.717) is 18.5 Å². The van der Waals surface area contributed by atoms with Gasteiger partial charge in [-0.25, -0.2) is 0 Å². The Bertz CT molecular complexity index is 653. The zero-order valence-corrected chi connectivity index (χ0v) is 13.8. The zero-order chi connectivity index (χ0) is 16.8. The van der Waals surface area contributed by atoms with Gasteiger partial charge in [0, 0.05) is 44.1 Å². The first-order valence-electron chi connectivity index (χ1n) is 8.14. The molecule has 1 N–H and O–H groups in total. The van der Waals surface area contributed by atoms with Crippen LogP contribution in [0.5, 0.6) is 0 Å². The lowest BCUT2D eigenvalue weighted by molar-refractivity contribution is 0.0313. The van der Waals surface area contributed by atoms with Gasteiger partial charge in [-0.05, 0) is 13.0 Å². The van der Waals surface area contributed by atoms with Crippen molar-refractivity contribution < 1.29 is 13.9 Å². The van der Waals surface area contributed by atoms with E-state index in [2.05, 4.69) is 20.2 Å². The van der Waals surface area contributed by atoms with Crippen LogP contribution in [0.2, 0.25) is 0 Å². The summed E-state index contributed by atoms with van der Waals surface area (Å²) in [5.74, 6) is 0.659. The molecule has 128 valence electrons. The molecule has 1 fully saturated rings. The molecule has 0 radical (unpaired) electrons. The van der Waals surface area contributed by atoms with Gasteiger partial charge < -0.3 is 14.5 Å². The number of hydrogen-bond acceptors (Lipinski definition) is 6. The van der Waals surface area contributed by atoms with Crippen LogP contribution in [0, 0.1) is 0 Å². The third-order valence-electron chi connectivity index (χ3n) is 3.91. The second kappa shape index (κ2) is 8.03. The highest BCUT2D eigenvalue weighted by molar-refractivity contribution is 5.94. The molecule has 0 bridgehead atoms. The van der Waals surface area contributed by atoms with Gasteiger partial charge in [0.15, 0.2) is 0 Å². The summed E-state index contributed by atoms with van der Waals surface area (Å²) in [5.41, 5.74) is 1.40. The lowest BCUT2D eigenvalue weighted by Gasteiger charge is -2.25. The van der Waals surface area contributed by atoms with Crippen molar-refractivity contribution in [2.45, 2.75) is 25.9 Å². The van der Waals surface area contributed by atoms with Crippen LogP contribution in [0.25, 0.3) is 0 Å². The van der Waals surface area contributed by atoms with Gasteiger partial charge in [0.1, 0.15) is 12.0 Å². The summed E-state index contributed by atoms with van der Waals surface area (Å²) in [6, 6.07) is 1.77. The number of rotatable bonds is 6. The number of carbonyl (C=O) groups is 1. The molecule has 0 spiro atoms. The quantitative estimate of drug-likeness (QED) is 0.859. The molecule has 1 aliphatic rings. The van der Waals surface area contributed by atoms with Crippen molar-refractivity contribution in [2.75, 3.05) is 26.3 Å². The summed E-state index contributed by atoms with van der Waals surface area (Å²) in [6.07, 6.45) is 7.14. The Balaban J connectivity index is 1.51. The molecule has 1 aliphatic heterocycles. The first-order valence-corrected chi connectivity index (χ1v) is 8.14. The zero-order valence-electron chi connectivity index (χ0n) is 13.8. The Morgan fingerprint density at radius 1 is 1.38 bits per heavy atom. The summed E-state index contributed by atoms with van der Waals surface area (Å²) in [5, 5.41) is 2.96. The molecule has 24 heavy (non-hydrogen) atoms. The summed E-state index contributed by atoms with van der Waals surface area (Å²) in [4.78, 5) is 22.8. The smallest absolute Gasteiger partial charge is 0.254 e. The second-order valence-electron chi connectivity index (χ2n) is 5.97. The molecular formula is C17H22N4O3. The minimum Gasteiger partial charge on any atom is -0.467 e. The van der Waals surface area contributed by atoms with Crippen LogP contribution in [-0.4, -0.2) is 53.1 Å². The maximum absolute atomic E-state index is 12.3. The van der Waals surface area contributed by atoms with Crippen molar-refractivity contribution in [1.82, 2.24) is 20.2 Å². The van der Waals surface area contributed by atoms with Gasteiger partial charge in [-0.2, -0.15) is 0 Å². The monoisotopic (exact) mass is 330 g/mol. The maximum atomic E-state index is 12.3. The lowest BCUT2D eigenvalue weighted by Crippen LogP contribution is -2.35. The van der Waals surface area contributed by atoms with Crippen molar-refractivity contribution >= 4 is 5.91 Å². The number of ether oxygens (including phenoxy) is 1. The number of nitrogens with zero attached hydrogens (tertiary/aromatic N) is 3. The molecule has 3 rings (SSSR count). The van der Waals surface area contributed by atoms with Gasteiger partial charge in [-0.1, -0.05) is 0 Å². The Morgan fingerprint density at radius 3 is 2.96 bits per heavy atom. The number of nitrogens with one attached hydrogen (secondary N) is 1. The Kier molecular flexibility index (Phi) is 5.55. The standard InChI is InChI=1S/C17H22N4O3/c1-13(8-15-10-18-2-3-19-15)20-17(22)14-9-16(24-12-14)11-21-4-6-23-7-5-21/h2-3,9-10,12-13H,4-8,11H2,1H3,(H,20,22)/t13-/m1/s1. The molecular weight excluding hydrogens is 308 g/mol. The minimum absolute atomic E-state index is 0.0354. The molecule has 1 saturated heterocycles. The highest BCUT2D eigenvalue weighted by Gasteiger charge is 2.16. The predicted octanol–water partition coefficient (Wildman–Crippen LogP) is 1.26. The number of amides is 1. The summed E-state index contributed by atoms with van der Waals surface area (Å²) in [6.45, 7) is 5.91. The minimum atomic E-state index is -0.136. The number of aromatic nitrogens is 2. The van der Waals surface area contributed by atoms with Gasteiger partial charge in [0.2, 0.25) is 0 Å². The van der Waals surface area contributed by atoms with Crippen LogP contribution in [0.15, 0.2) is 35.3 Å². The van der Waals surface area contributed by atoms with Gasteiger partial charge in [-0.15, -0.1) is 0 Å². The van der Waals surface area contributed by atoms with Crippen molar-refractivity contribution in [3.05, 3.63) is 47.9 Å². The van der Waals surface area contributed by atoms with E-state index in [1.54, 1.807) is 24.7 Å². The summed E-state index contributed by atoms with van der Waals surface area (Å²) >= 11 is 0. The molecule has 1 atom stereocenters. The highest BCUT2D eigenvalue weighted by Crippen LogP contribution is 2.12. The lowest BCUT2D eigenvalue weighted by atomic mass is 10.1. The Morgan fingerprint density at radius 2 is 2.21 bits per heavy atom. The molecule has 0 unspecified atom stereocenters. The third-order valence-corrected chi connectivity index (χ3v) is 3.91. The van der Waals surface area contributed by atoms with E-state index < -0.39 is 0 Å². The van der Waals surface area contributed by atoms with Crippen molar-refractivity contribution in [1.29, 1.82) is 0 Å². The SMILES string of the molecule is C[C@H](Cc1cnccn1)NC(=O)c1coc(CN2CCOCC2)c1. The largest absolute Gasteiger partial charge is 0.467 e. The number of carbonyl (C=O) groups excluding carboxylic acids is 1. The van der Waals surface area contributed by atoms with Crippen LogP contribution in [-0.2, 0) is 17.7 Å². The van der Waals surface area contributed by atoms with Crippen molar-refractivity contribution in [3.8, 4) is 0 Å². The molecule has 7 heteroatoms. The van der Waals surface area contributed by atoms with E-state index in [1.807, 2.05) is 6.92 Å². The molecule has 0 aliphatic carbocycles. The topological polar surface area (TPSA) is 80.5 Å². The first kappa shape index (κ1) is 16.6. The molecule has 3 heterocycles. The predicted molar refractivity (Wildman–Crippen MR) is 87.5 cm³/mol. The van der Waals surface area contributed by atoms with Crippen LogP contribution in [0.3, 0.4) is 0 Å². The fraction of sp³-hybridized carbons (Fsp3) is 0.471. The average Bonchev–Trinajstić information content (AvgIpc) is 3.05. The molecule has 1 amide bonds. The van der Waals surface area contributed by atoms with E-state index in [4.69, 9.17) is 9.15 Å². The Labute approximate surface area is 141 Å². The number of morpholine rings is 1. The van der Waals surface area contributed by atoms with E-state index >= 15 is 0 Å². The number of hydrogen-bond donors (Lipinski definition) is 1. The normalized spacial score (nSPS) is 16.7. The highest BCUT2D eigenvalue weighted by atomic mass is 16.5. The van der Waals surface area contributed by atoms with E-state index in [0.717, 1.165) is 37.8 Å². The Hall–Kier alpha value is -2.25. The van der Waals surface area contributed by atoms with Gasteiger partial charge >= 0.3 is 0 Å². The molecule has 0 aromatic carbocycles. The molecule has 2 aromatic heterocycles. The van der Waals surface area contributed by atoms with Gasteiger partial charge in [0.25, 0.3) is 5.91 Å². The van der Waals surface area contributed by atoms with Gasteiger partial charge in [-0.3, -0.25) is 19.7 Å². The summed E-state index contributed by atoms with van der Waals surface area (Å²) in [7, 11) is 0. The van der Waals surface area contributed by atoms with Gasteiger partial charge in [0.05, 0.1) is 31.0 Å². The van der Waals surface area contributed by atoms with E-state index in [1.165, 1.54) is 6.26 Å². The van der Waals surface area contributed by atoms with Crippen molar-refractivity contribution in [2.24, 2.45) is 0 Å². The van der Waals surface area contributed by atoms with Crippen LogP contribution < -0.4 is 5.32 Å². The van der Waals surface area contributed by atoms with Crippen molar-refractivity contribution in [3.63, 3.8) is 0 Å². The number of furan rings is 1. The van der Waals surface area contributed by atoms with Crippen LogP contribution in [0.1, 0.15) is 28.7 Å². The first-order chi connectivity index (χ1) is 11.7.